The first-order valence-electron chi connectivity index (χ1n) is 8.34. The van der Waals surface area contributed by atoms with Crippen LogP contribution >= 0.6 is 0 Å². The Bertz CT molecular complexity index is 972. The monoisotopic (exact) mass is 347 g/mol. The summed E-state index contributed by atoms with van der Waals surface area (Å²) in [6, 6.07) is 13.3. The summed E-state index contributed by atoms with van der Waals surface area (Å²) in [6.45, 7) is 6.03. The molecule has 5 nitrogen and oxygen atoms in total. The predicted molar refractivity (Wildman–Crippen MR) is 103 cm³/mol. The van der Waals surface area contributed by atoms with E-state index in [2.05, 4.69) is 34.5 Å². The highest BCUT2D eigenvalue weighted by molar-refractivity contribution is 5.90. The van der Waals surface area contributed by atoms with Crippen LogP contribution in [0.3, 0.4) is 0 Å². The summed E-state index contributed by atoms with van der Waals surface area (Å²) in [5, 5.41) is 0. The van der Waals surface area contributed by atoms with E-state index in [4.69, 9.17) is 4.74 Å². The van der Waals surface area contributed by atoms with E-state index in [1.165, 1.54) is 7.11 Å². The number of rotatable bonds is 4. The smallest absolute Gasteiger partial charge is 0.337 e. The number of esters is 1. The highest BCUT2D eigenvalue weighted by Crippen LogP contribution is 2.22. The van der Waals surface area contributed by atoms with Crippen molar-refractivity contribution in [1.82, 2.24) is 9.55 Å². The second-order valence-electron chi connectivity index (χ2n) is 6.10. The predicted octanol–water partition coefficient (Wildman–Crippen LogP) is 4.33. The van der Waals surface area contributed by atoms with Gasteiger partial charge in [-0.1, -0.05) is 6.07 Å². The molecule has 0 N–H and O–H groups in total. The van der Waals surface area contributed by atoms with Gasteiger partial charge in [-0.15, -0.1) is 0 Å². The third kappa shape index (κ3) is 3.42. The van der Waals surface area contributed by atoms with E-state index in [-0.39, 0.29) is 5.97 Å². The molecule has 0 bridgehead atoms. The fraction of sp³-hybridized carbons (Fsp3) is 0.190. The molecule has 132 valence electrons. The van der Waals surface area contributed by atoms with Crippen LogP contribution in [-0.4, -0.2) is 28.8 Å². The van der Waals surface area contributed by atoms with Gasteiger partial charge in [0.25, 0.3) is 0 Å². The van der Waals surface area contributed by atoms with Crippen LogP contribution in [0.1, 0.15) is 32.9 Å². The number of ether oxygens (including phenoxy) is 1. The van der Waals surface area contributed by atoms with E-state index < -0.39 is 0 Å². The van der Waals surface area contributed by atoms with Crippen molar-refractivity contribution in [2.45, 2.75) is 20.8 Å². The molecule has 0 fully saturated rings. The number of nitrogens with zero attached hydrogens (tertiary/aromatic N) is 3. The minimum Gasteiger partial charge on any atom is -0.465 e. The van der Waals surface area contributed by atoms with Gasteiger partial charge in [0.05, 0.1) is 18.4 Å². The molecule has 5 heteroatoms. The van der Waals surface area contributed by atoms with Gasteiger partial charge in [-0.25, -0.2) is 9.78 Å². The van der Waals surface area contributed by atoms with Crippen LogP contribution in [0.2, 0.25) is 0 Å². The average molecular weight is 347 g/mol. The maximum absolute atomic E-state index is 11.6. The van der Waals surface area contributed by atoms with Crippen LogP contribution in [0, 0.1) is 20.8 Å². The van der Waals surface area contributed by atoms with Crippen LogP contribution in [-0.2, 0) is 4.74 Å². The molecule has 0 aliphatic rings. The number of carbonyl (C=O) groups excluding carboxylic acids is 1. The number of aliphatic imine (C=N–C) groups is 1. The van der Waals surface area contributed by atoms with Gasteiger partial charge in [-0.05, 0) is 62.7 Å². The number of hydrogen-bond acceptors (Lipinski definition) is 4. The summed E-state index contributed by atoms with van der Waals surface area (Å²) >= 11 is 0. The highest BCUT2D eigenvalue weighted by atomic mass is 16.5. The van der Waals surface area contributed by atoms with Crippen molar-refractivity contribution in [3.63, 3.8) is 0 Å². The van der Waals surface area contributed by atoms with E-state index in [0.29, 0.717) is 5.56 Å². The molecule has 0 aliphatic carbocycles. The zero-order valence-corrected chi connectivity index (χ0v) is 15.4. The van der Waals surface area contributed by atoms with Crippen LogP contribution in [0.15, 0.2) is 53.7 Å². The summed E-state index contributed by atoms with van der Waals surface area (Å²) in [7, 11) is 1.38. The van der Waals surface area contributed by atoms with Crippen molar-refractivity contribution in [3.05, 3.63) is 76.7 Å². The Hall–Kier alpha value is -3.21. The minimum atomic E-state index is -0.345. The molecule has 0 aliphatic heterocycles. The summed E-state index contributed by atoms with van der Waals surface area (Å²) in [5.41, 5.74) is 5.47. The first-order valence-corrected chi connectivity index (χ1v) is 8.34. The Balaban J connectivity index is 1.91. The average Bonchev–Trinajstić information content (AvgIpc) is 2.94. The molecule has 0 saturated heterocycles. The maximum Gasteiger partial charge on any atom is 0.337 e. The zero-order chi connectivity index (χ0) is 18.7. The standard InChI is InChI=1S/C21H21N3O2/c1-14-11-17(21(25)26-4)8-9-19(14)23-13-18-12-15(2)24(16(18)3)20-7-5-6-10-22-20/h5-13H,1-4H3. The number of benzene rings is 1. The molecule has 0 radical (unpaired) electrons. The molecule has 2 aromatic heterocycles. The Morgan fingerprint density at radius 2 is 1.96 bits per heavy atom. The third-order valence-corrected chi connectivity index (χ3v) is 4.31. The van der Waals surface area contributed by atoms with E-state index in [9.17, 15) is 4.79 Å². The largest absolute Gasteiger partial charge is 0.465 e. The second-order valence-corrected chi connectivity index (χ2v) is 6.10. The van der Waals surface area contributed by atoms with E-state index in [0.717, 1.165) is 34.0 Å². The van der Waals surface area contributed by atoms with Gasteiger partial charge in [0.15, 0.2) is 0 Å². The number of carbonyl (C=O) groups is 1. The van der Waals surface area contributed by atoms with E-state index >= 15 is 0 Å². The Kier molecular flexibility index (Phi) is 4.98. The molecule has 0 atom stereocenters. The van der Waals surface area contributed by atoms with Crippen LogP contribution in [0.5, 0.6) is 0 Å². The summed E-state index contributed by atoms with van der Waals surface area (Å²) in [6.07, 6.45) is 3.64. The van der Waals surface area contributed by atoms with Gasteiger partial charge in [0.1, 0.15) is 5.82 Å². The summed E-state index contributed by atoms with van der Waals surface area (Å²) in [4.78, 5) is 20.6. The molecular weight excluding hydrogens is 326 g/mol. The minimum absolute atomic E-state index is 0.345. The molecule has 0 amide bonds. The number of aryl methyl sites for hydroxylation is 2. The van der Waals surface area contributed by atoms with Crippen molar-refractivity contribution < 1.29 is 9.53 Å². The van der Waals surface area contributed by atoms with Gasteiger partial charge in [-0.3, -0.25) is 4.99 Å². The SMILES string of the molecule is COC(=O)c1ccc(N=Cc2cc(C)n(-c3ccccn3)c2C)c(C)c1. The van der Waals surface area contributed by atoms with Crippen LogP contribution in [0.4, 0.5) is 5.69 Å². The summed E-state index contributed by atoms with van der Waals surface area (Å²) < 4.78 is 6.85. The third-order valence-electron chi connectivity index (χ3n) is 4.31. The number of pyridine rings is 1. The lowest BCUT2D eigenvalue weighted by molar-refractivity contribution is 0.0600. The molecule has 3 aromatic rings. The molecule has 0 saturated carbocycles. The van der Waals surface area contributed by atoms with Gasteiger partial charge in [-0.2, -0.15) is 0 Å². The number of methoxy groups -OCH3 is 1. The fourth-order valence-electron chi connectivity index (χ4n) is 2.94. The first-order chi connectivity index (χ1) is 12.5. The molecule has 2 heterocycles. The van der Waals surface area contributed by atoms with Crippen molar-refractivity contribution in [3.8, 4) is 5.82 Å². The first kappa shape index (κ1) is 17.6. The molecule has 0 spiro atoms. The Labute approximate surface area is 153 Å². The van der Waals surface area contributed by atoms with Crippen molar-refractivity contribution in [2.75, 3.05) is 7.11 Å². The number of aromatic nitrogens is 2. The maximum atomic E-state index is 11.6. The normalized spacial score (nSPS) is 11.1. The zero-order valence-electron chi connectivity index (χ0n) is 15.4. The summed E-state index contributed by atoms with van der Waals surface area (Å²) in [5.74, 6) is 0.545. The van der Waals surface area contributed by atoms with E-state index in [1.54, 1.807) is 18.3 Å². The quantitative estimate of drug-likeness (QED) is 0.521. The lowest BCUT2D eigenvalue weighted by Gasteiger charge is -2.07. The van der Waals surface area contributed by atoms with Crippen LogP contribution in [0.25, 0.3) is 5.82 Å². The van der Waals surface area contributed by atoms with Crippen molar-refractivity contribution in [1.29, 1.82) is 0 Å². The highest BCUT2D eigenvalue weighted by Gasteiger charge is 2.10. The lowest BCUT2D eigenvalue weighted by Crippen LogP contribution is -2.01. The molecular formula is C21H21N3O2. The fourth-order valence-corrected chi connectivity index (χ4v) is 2.94. The molecule has 1 aromatic carbocycles. The Morgan fingerprint density at radius 3 is 2.62 bits per heavy atom. The van der Waals surface area contributed by atoms with E-state index in [1.807, 2.05) is 37.4 Å². The number of hydrogen-bond donors (Lipinski definition) is 0. The van der Waals surface area contributed by atoms with Crippen molar-refractivity contribution in [2.24, 2.45) is 4.99 Å². The van der Waals surface area contributed by atoms with Crippen molar-refractivity contribution >= 4 is 17.9 Å². The Morgan fingerprint density at radius 1 is 1.15 bits per heavy atom. The molecule has 3 rings (SSSR count). The topological polar surface area (TPSA) is 56.5 Å². The van der Waals surface area contributed by atoms with Crippen LogP contribution < -0.4 is 0 Å². The van der Waals surface area contributed by atoms with Gasteiger partial charge in [0.2, 0.25) is 0 Å². The molecule has 0 unspecified atom stereocenters. The van der Waals surface area contributed by atoms with Gasteiger partial charge in [0, 0.05) is 29.4 Å². The second kappa shape index (κ2) is 7.35. The van der Waals surface area contributed by atoms with Gasteiger partial charge < -0.3 is 9.30 Å². The van der Waals surface area contributed by atoms with Gasteiger partial charge >= 0.3 is 5.97 Å². The molecule has 26 heavy (non-hydrogen) atoms. The lowest BCUT2D eigenvalue weighted by atomic mass is 10.1.